The van der Waals surface area contributed by atoms with Crippen LogP contribution in [0.4, 0.5) is 4.39 Å². The first-order valence-corrected chi connectivity index (χ1v) is 5.87. The molecule has 0 aromatic heterocycles. The summed E-state index contributed by atoms with van der Waals surface area (Å²) in [5.41, 5.74) is 0. The van der Waals surface area contributed by atoms with Crippen LogP contribution in [-0.4, -0.2) is 24.8 Å². The van der Waals surface area contributed by atoms with Gasteiger partial charge in [-0.15, -0.1) is 23.4 Å². The molecule has 0 radical (unpaired) electrons. The zero-order valence-electron chi connectivity index (χ0n) is 7.71. The van der Waals surface area contributed by atoms with E-state index in [1.54, 1.807) is 23.9 Å². The highest BCUT2D eigenvalue weighted by Crippen LogP contribution is 2.17. The summed E-state index contributed by atoms with van der Waals surface area (Å²) in [5.74, 6) is 1.19. The lowest BCUT2D eigenvalue weighted by molar-refractivity contribution is 0.166. The van der Waals surface area contributed by atoms with Crippen molar-refractivity contribution in [3.05, 3.63) is 30.1 Å². The number of thioether (sulfide) groups is 1. The molecule has 1 aromatic rings. The Kier molecular flexibility index (Phi) is 5.99. The van der Waals surface area contributed by atoms with Crippen LogP contribution in [0.1, 0.15) is 0 Å². The first-order chi connectivity index (χ1) is 6.83. The summed E-state index contributed by atoms with van der Waals surface area (Å²) in [6.07, 6.45) is 0. The molecule has 0 amide bonds. The van der Waals surface area contributed by atoms with Crippen LogP contribution in [0.3, 0.4) is 0 Å². The Hall–Kier alpha value is -0.250. The SMILES string of the molecule is Fc1ccc(SCCOCCCl)cc1. The van der Waals surface area contributed by atoms with E-state index in [1.807, 2.05) is 0 Å². The van der Waals surface area contributed by atoms with Crippen LogP contribution in [-0.2, 0) is 4.74 Å². The first kappa shape index (κ1) is 11.8. The second kappa shape index (κ2) is 7.10. The zero-order chi connectivity index (χ0) is 10.2. The van der Waals surface area contributed by atoms with Crippen LogP contribution in [0.5, 0.6) is 0 Å². The van der Waals surface area contributed by atoms with Crippen molar-refractivity contribution < 1.29 is 9.13 Å². The van der Waals surface area contributed by atoms with Gasteiger partial charge in [-0.25, -0.2) is 4.39 Å². The van der Waals surface area contributed by atoms with E-state index in [4.69, 9.17) is 16.3 Å². The van der Waals surface area contributed by atoms with Crippen molar-refractivity contribution in [1.29, 1.82) is 0 Å². The summed E-state index contributed by atoms with van der Waals surface area (Å²) in [5, 5.41) is 0. The van der Waals surface area contributed by atoms with E-state index in [0.717, 1.165) is 10.6 Å². The van der Waals surface area contributed by atoms with Gasteiger partial charge in [-0.05, 0) is 24.3 Å². The van der Waals surface area contributed by atoms with Gasteiger partial charge in [-0.1, -0.05) is 0 Å². The molecule has 0 aliphatic carbocycles. The molecule has 0 atom stereocenters. The molecule has 0 aliphatic heterocycles. The van der Waals surface area contributed by atoms with E-state index >= 15 is 0 Å². The van der Waals surface area contributed by atoms with E-state index in [-0.39, 0.29) is 5.82 Å². The third kappa shape index (κ3) is 4.84. The Morgan fingerprint density at radius 1 is 1.21 bits per heavy atom. The van der Waals surface area contributed by atoms with Gasteiger partial charge in [0, 0.05) is 16.5 Å². The van der Waals surface area contributed by atoms with Crippen LogP contribution in [0.15, 0.2) is 29.2 Å². The lowest BCUT2D eigenvalue weighted by Gasteiger charge is -2.02. The van der Waals surface area contributed by atoms with Gasteiger partial charge in [0.2, 0.25) is 0 Å². The highest BCUT2D eigenvalue weighted by atomic mass is 35.5. The fraction of sp³-hybridized carbons (Fsp3) is 0.400. The minimum Gasteiger partial charge on any atom is -0.379 e. The molecule has 1 rings (SSSR count). The third-order valence-corrected chi connectivity index (χ3v) is 2.66. The van der Waals surface area contributed by atoms with Crippen LogP contribution >= 0.6 is 23.4 Å². The Labute approximate surface area is 92.6 Å². The molecule has 78 valence electrons. The molecule has 0 spiro atoms. The zero-order valence-corrected chi connectivity index (χ0v) is 9.28. The second-order valence-corrected chi connectivity index (χ2v) is 4.15. The largest absolute Gasteiger partial charge is 0.379 e. The van der Waals surface area contributed by atoms with Gasteiger partial charge in [0.15, 0.2) is 0 Å². The van der Waals surface area contributed by atoms with Crippen molar-refractivity contribution in [3.8, 4) is 0 Å². The van der Waals surface area contributed by atoms with Gasteiger partial charge in [0.25, 0.3) is 0 Å². The van der Waals surface area contributed by atoms with Gasteiger partial charge in [-0.3, -0.25) is 0 Å². The third-order valence-electron chi connectivity index (χ3n) is 1.53. The first-order valence-electron chi connectivity index (χ1n) is 4.35. The lowest BCUT2D eigenvalue weighted by Crippen LogP contribution is -1.99. The molecule has 0 bridgehead atoms. The summed E-state index contributed by atoms with van der Waals surface area (Å²) >= 11 is 7.09. The lowest BCUT2D eigenvalue weighted by atomic mass is 10.4. The normalized spacial score (nSPS) is 10.4. The summed E-state index contributed by atoms with van der Waals surface area (Å²) in [4.78, 5) is 1.06. The highest BCUT2D eigenvalue weighted by molar-refractivity contribution is 7.99. The Morgan fingerprint density at radius 3 is 2.57 bits per heavy atom. The molecule has 0 saturated carbocycles. The van der Waals surface area contributed by atoms with E-state index < -0.39 is 0 Å². The number of halogens is 2. The van der Waals surface area contributed by atoms with E-state index in [9.17, 15) is 4.39 Å². The topological polar surface area (TPSA) is 9.23 Å². The predicted molar refractivity (Wildman–Crippen MR) is 58.7 cm³/mol. The van der Waals surface area contributed by atoms with Crippen molar-refractivity contribution >= 4 is 23.4 Å². The van der Waals surface area contributed by atoms with Crippen molar-refractivity contribution in [1.82, 2.24) is 0 Å². The summed E-state index contributed by atoms with van der Waals surface area (Å²) in [6.45, 7) is 1.26. The van der Waals surface area contributed by atoms with Crippen LogP contribution in [0.2, 0.25) is 0 Å². The van der Waals surface area contributed by atoms with Crippen molar-refractivity contribution in [2.75, 3.05) is 24.8 Å². The number of ether oxygens (including phenoxy) is 1. The smallest absolute Gasteiger partial charge is 0.123 e. The molecule has 4 heteroatoms. The molecular formula is C10H12ClFOS. The Balaban J connectivity index is 2.15. The van der Waals surface area contributed by atoms with Gasteiger partial charge < -0.3 is 4.74 Å². The number of alkyl halides is 1. The van der Waals surface area contributed by atoms with Gasteiger partial charge in [0.1, 0.15) is 5.82 Å². The van der Waals surface area contributed by atoms with E-state index in [2.05, 4.69) is 0 Å². The maximum Gasteiger partial charge on any atom is 0.123 e. The van der Waals surface area contributed by atoms with Gasteiger partial charge in [-0.2, -0.15) is 0 Å². The standard InChI is InChI=1S/C10H12ClFOS/c11-5-6-13-7-8-14-10-3-1-9(12)2-4-10/h1-4H,5-8H2. The molecule has 0 fully saturated rings. The van der Waals surface area contributed by atoms with Gasteiger partial charge >= 0.3 is 0 Å². The minimum atomic E-state index is -0.201. The second-order valence-electron chi connectivity index (χ2n) is 2.60. The molecule has 1 nitrogen and oxygen atoms in total. The summed E-state index contributed by atoms with van der Waals surface area (Å²) in [6, 6.07) is 6.45. The summed E-state index contributed by atoms with van der Waals surface area (Å²) in [7, 11) is 0. The van der Waals surface area contributed by atoms with Crippen LogP contribution < -0.4 is 0 Å². The van der Waals surface area contributed by atoms with Gasteiger partial charge in [0.05, 0.1) is 13.2 Å². The monoisotopic (exact) mass is 234 g/mol. The minimum absolute atomic E-state index is 0.201. The number of rotatable bonds is 6. The average Bonchev–Trinajstić information content (AvgIpc) is 2.21. The maximum atomic E-state index is 12.5. The van der Waals surface area contributed by atoms with Crippen LogP contribution in [0.25, 0.3) is 0 Å². The van der Waals surface area contributed by atoms with E-state index in [1.165, 1.54) is 12.1 Å². The van der Waals surface area contributed by atoms with Crippen molar-refractivity contribution in [2.45, 2.75) is 4.90 Å². The Bertz CT molecular complexity index is 253. The predicted octanol–water partition coefficient (Wildman–Crippen LogP) is 3.17. The van der Waals surface area contributed by atoms with Crippen LogP contribution in [0, 0.1) is 5.82 Å². The molecular weight excluding hydrogens is 223 g/mol. The highest BCUT2D eigenvalue weighted by Gasteiger charge is 1.94. The number of hydrogen-bond donors (Lipinski definition) is 0. The quantitative estimate of drug-likeness (QED) is 0.425. The maximum absolute atomic E-state index is 12.5. The molecule has 1 aromatic carbocycles. The molecule has 0 N–H and O–H groups in total. The van der Waals surface area contributed by atoms with E-state index in [0.29, 0.717) is 19.1 Å². The average molecular weight is 235 g/mol. The summed E-state index contributed by atoms with van der Waals surface area (Å²) < 4.78 is 17.7. The number of hydrogen-bond acceptors (Lipinski definition) is 2. The fourth-order valence-corrected chi connectivity index (χ4v) is 1.78. The van der Waals surface area contributed by atoms with Crippen molar-refractivity contribution in [2.24, 2.45) is 0 Å². The van der Waals surface area contributed by atoms with Crippen molar-refractivity contribution in [3.63, 3.8) is 0 Å². The molecule has 0 aliphatic rings. The molecule has 14 heavy (non-hydrogen) atoms. The fourth-order valence-electron chi connectivity index (χ4n) is 0.906. The molecule has 0 unspecified atom stereocenters. The number of benzene rings is 1. The Morgan fingerprint density at radius 2 is 1.93 bits per heavy atom. The molecule has 0 heterocycles. The molecule has 0 saturated heterocycles.